The van der Waals surface area contributed by atoms with Crippen LogP contribution in [0.4, 0.5) is 0 Å². The molecule has 0 aromatic rings. The van der Waals surface area contributed by atoms with Gasteiger partial charge in [0.15, 0.2) is 0 Å². The van der Waals surface area contributed by atoms with E-state index < -0.39 is 10.4 Å². The maximum atomic E-state index is 12.2. The van der Waals surface area contributed by atoms with Crippen molar-refractivity contribution in [1.29, 1.82) is 0 Å². The normalized spacial score (nSPS) is 12.1. The van der Waals surface area contributed by atoms with Gasteiger partial charge in [0, 0.05) is 0 Å². The molecule has 1 N–H and O–H groups in total. The van der Waals surface area contributed by atoms with E-state index in [2.05, 4.69) is 13.8 Å². The summed E-state index contributed by atoms with van der Waals surface area (Å²) in [6, 6.07) is 0. The molecule has 0 bridgehead atoms. The van der Waals surface area contributed by atoms with E-state index >= 15 is 0 Å². The van der Waals surface area contributed by atoms with Crippen molar-refractivity contribution in [3.63, 3.8) is 0 Å². The topological polar surface area (TPSA) is 72.8 Å². The second kappa shape index (κ2) is 36.7. The van der Waals surface area contributed by atoms with Crippen molar-refractivity contribution < 1.29 is 21.9 Å². The molecule has 0 fully saturated rings. The molecule has 6 heteroatoms. The Morgan fingerprint density at radius 3 is 0.911 bits per heavy atom. The second-order valence-electron chi connectivity index (χ2n) is 13.9. The van der Waals surface area contributed by atoms with Gasteiger partial charge in [-0.25, -0.2) is 8.37 Å². The zero-order valence-corrected chi connectivity index (χ0v) is 31.3. The lowest BCUT2D eigenvalue weighted by Gasteiger charge is -2.17. The largest absolute Gasteiger partial charge is 0.400 e. The van der Waals surface area contributed by atoms with E-state index in [1.54, 1.807) is 0 Å². The standard InChI is InChI=1S/C39H80O5S/c1-3-5-7-9-11-13-15-17-19-21-23-25-27-29-31-33-35-39(44-45(41,42)43-38-37-40)36-34-32-30-28-26-24-22-20-18-16-14-12-10-8-6-4-2/h39-40H,3-38H2,1-2H3. The molecule has 0 amide bonds. The first kappa shape index (κ1) is 44.8. The number of hydrogen-bond donors (Lipinski definition) is 1. The molecule has 0 atom stereocenters. The van der Waals surface area contributed by atoms with Gasteiger partial charge in [-0.05, 0) is 12.8 Å². The Balaban J connectivity index is 3.84. The molecule has 45 heavy (non-hydrogen) atoms. The highest BCUT2D eigenvalue weighted by Crippen LogP contribution is 2.20. The third kappa shape index (κ3) is 36.5. The molecule has 0 aliphatic heterocycles. The maximum absolute atomic E-state index is 12.2. The third-order valence-corrected chi connectivity index (χ3v) is 10.3. The molecule has 0 aliphatic carbocycles. The number of rotatable bonds is 39. The van der Waals surface area contributed by atoms with Crippen LogP contribution in [0.3, 0.4) is 0 Å². The van der Waals surface area contributed by atoms with E-state index in [1.165, 1.54) is 180 Å². The summed E-state index contributed by atoms with van der Waals surface area (Å²) in [5.74, 6) is 0. The molecule has 0 aromatic carbocycles. The van der Waals surface area contributed by atoms with Gasteiger partial charge in [-0.15, -0.1) is 0 Å². The highest BCUT2D eigenvalue weighted by molar-refractivity contribution is 7.81. The average molecular weight is 661 g/mol. The van der Waals surface area contributed by atoms with Gasteiger partial charge in [0.2, 0.25) is 0 Å². The van der Waals surface area contributed by atoms with Crippen LogP contribution in [0.1, 0.15) is 232 Å². The van der Waals surface area contributed by atoms with Crippen molar-refractivity contribution in [3.05, 3.63) is 0 Å². The lowest BCUT2D eigenvalue weighted by Crippen LogP contribution is -2.21. The minimum Gasteiger partial charge on any atom is -0.394 e. The minimum atomic E-state index is -4.05. The zero-order chi connectivity index (χ0) is 32.9. The number of aliphatic hydroxyl groups is 1. The molecule has 0 radical (unpaired) electrons. The van der Waals surface area contributed by atoms with Crippen LogP contribution in [0.2, 0.25) is 0 Å². The summed E-state index contributed by atoms with van der Waals surface area (Å²) < 4.78 is 34.6. The first-order chi connectivity index (χ1) is 22.1. The van der Waals surface area contributed by atoms with Crippen LogP contribution >= 0.6 is 0 Å². The lowest BCUT2D eigenvalue weighted by molar-refractivity contribution is 0.123. The van der Waals surface area contributed by atoms with Gasteiger partial charge in [-0.2, -0.15) is 8.42 Å². The average Bonchev–Trinajstić information content (AvgIpc) is 3.03. The molecule has 0 saturated heterocycles. The van der Waals surface area contributed by atoms with Gasteiger partial charge in [0.05, 0.1) is 19.3 Å². The van der Waals surface area contributed by atoms with Gasteiger partial charge >= 0.3 is 10.4 Å². The third-order valence-electron chi connectivity index (χ3n) is 9.33. The van der Waals surface area contributed by atoms with Crippen LogP contribution in [-0.4, -0.2) is 32.8 Å². The summed E-state index contributed by atoms with van der Waals surface area (Å²) in [7, 11) is -4.05. The van der Waals surface area contributed by atoms with Crippen LogP contribution in [0.5, 0.6) is 0 Å². The molecule has 5 nitrogen and oxygen atoms in total. The van der Waals surface area contributed by atoms with Crippen molar-refractivity contribution in [2.24, 2.45) is 0 Å². The van der Waals surface area contributed by atoms with Crippen molar-refractivity contribution in [2.45, 2.75) is 238 Å². The highest BCUT2D eigenvalue weighted by Gasteiger charge is 2.20. The molecule has 272 valence electrons. The first-order valence-electron chi connectivity index (χ1n) is 20.2. The summed E-state index contributed by atoms with van der Waals surface area (Å²) >= 11 is 0. The fourth-order valence-electron chi connectivity index (χ4n) is 6.41. The highest BCUT2D eigenvalue weighted by atomic mass is 32.3. The van der Waals surface area contributed by atoms with E-state index in [9.17, 15) is 8.42 Å². The van der Waals surface area contributed by atoms with Crippen molar-refractivity contribution >= 4 is 10.4 Å². The Kier molecular flexibility index (Phi) is 36.5. The van der Waals surface area contributed by atoms with Crippen molar-refractivity contribution in [1.82, 2.24) is 0 Å². The van der Waals surface area contributed by atoms with Crippen LogP contribution < -0.4 is 0 Å². The summed E-state index contributed by atoms with van der Waals surface area (Å²) in [6.07, 6.45) is 43.8. The number of hydrogen-bond acceptors (Lipinski definition) is 5. The summed E-state index contributed by atoms with van der Waals surface area (Å²) in [5.41, 5.74) is 0. The van der Waals surface area contributed by atoms with Crippen molar-refractivity contribution in [3.8, 4) is 0 Å². The molecule has 0 saturated carbocycles. The van der Waals surface area contributed by atoms with E-state index in [4.69, 9.17) is 13.5 Å². The first-order valence-corrected chi connectivity index (χ1v) is 21.6. The molecule has 0 aromatic heterocycles. The van der Waals surface area contributed by atoms with E-state index in [1.807, 2.05) is 0 Å². The summed E-state index contributed by atoms with van der Waals surface area (Å²) in [6.45, 7) is 3.99. The number of aliphatic hydroxyl groups excluding tert-OH is 1. The minimum absolute atomic E-state index is 0.243. The predicted octanol–water partition coefficient (Wildman–Crippen LogP) is 12.9. The molecule has 0 unspecified atom stereocenters. The number of unbranched alkanes of at least 4 members (excludes halogenated alkanes) is 30. The van der Waals surface area contributed by atoms with E-state index in [0.717, 1.165) is 38.5 Å². The molecule has 0 rings (SSSR count). The molecule has 0 spiro atoms. The van der Waals surface area contributed by atoms with Gasteiger partial charge in [-0.1, -0.05) is 219 Å². The van der Waals surface area contributed by atoms with Gasteiger partial charge in [0.25, 0.3) is 0 Å². The van der Waals surface area contributed by atoms with Gasteiger partial charge < -0.3 is 5.11 Å². The van der Waals surface area contributed by atoms with Crippen LogP contribution in [0.15, 0.2) is 0 Å². The smallest absolute Gasteiger partial charge is 0.394 e. The Bertz CT molecular complexity index is 618. The molecular weight excluding hydrogens is 580 g/mol. The summed E-state index contributed by atoms with van der Waals surface area (Å²) in [4.78, 5) is 0. The summed E-state index contributed by atoms with van der Waals surface area (Å²) in [5, 5.41) is 8.94. The SMILES string of the molecule is CCCCCCCCCCCCCCCCCCC(CCCCCCCCCCCCCCCCCC)OS(=O)(=O)OCCO. The maximum Gasteiger partial charge on any atom is 0.400 e. The zero-order valence-electron chi connectivity index (χ0n) is 30.5. The second-order valence-corrected chi connectivity index (χ2v) is 15.1. The Morgan fingerprint density at radius 2 is 0.667 bits per heavy atom. The van der Waals surface area contributed by atoms with Crippen LogP contribution in [0.25, 0.3) is 0 Å². The molecular formula is C39H80O5S. The Labute approximate surface area is 283 Å². The lowest BCUT2D eigenvalue weighted by atomic mass is 10.0. The Hall–Kier alpha value is -0.170. The predicted molar refractivity (Wildman–Crippen MR) is 195 cm³/mol. The van der Waals surface area contributed by atoms with E-state index in [-0.39, 0.29) is 19.3 Å². The monoisotopic (exact) mass is 661 g/mol. The van der Waals surface area contributed by atoms with Crippen molar-refractivity contribution in [2.75, 3.05) is 13.2 Å². The molecule has 0 heterocycles. The van der Waals surface area contributed by atoms with E-state index in [0.29, 0.717) is 0 Å². The fraction of sp³-hybridized carbons (Fsp3) is 1.00. The van der Waals surface area contributed by atoms with Gasteiger partial charge in [0.1, 0.15) is 0 Å². The molecule has 0 aliphatic rings. The van der Waals surface area contributed by atoms with Crippen LogP contribution in [-0.2, 0) is 18.8 Å². The quantitative estimate of drug-likeness (QED) is 0.0664. The van der Waals surface area contributed by atoms with Crippen LogP contribution in [0, 0.1) is 0 Å². The Morgan fingerprint density at radius 1 is 0.422 bits per heavy atom. The fourth-order valence-corrected chi connectivity index (χ4v) is 7.27. The van der Waals surface area contributed by atoms with Gasteiger partial charge in [-0.3, -0.25) is 0 Å².